The highest BCUT2D eigenvalue weighted by Gasteiger charge is 2.17. The van der Waals surface area contributed by atoms with Gasteiger partial charge in [-0.2, -0.15) is 0 Å². The van der Waals surface area contributed by atoms with Crippen LogP contribution >= 0.6 is 11.3 Å². The number of amides is 2. The van der Waals surface area contributed by atoms with Gasteiger partial charge in [0.1, 0.15) is 0 Å². The van der Waals surface area contributed by atoms with Crippen LogP contribution in [-0.2, 0) is 11.3 Å². The van der Waals surface area contributed by atoms with Crippen molar-refractivity contribution in [2.45, 2.75) is 13.5 Å². The zero-order valence-corrected chi connectivity index (χ0v) is 12.8. The first-order chi connectivity index (χ1) is 9.97. The Balaban J connectivity index is 1.89. The Morgan fingerprint density at radius 1 is 1.38 bits per heavy atom. The average molecular weight is 306 g/mol. The molecule has 21 heavy (non-hydrogen) atoms. The maximum Gasteiger partial charge on any atom is 0.317 e. The molecule has 0 aliphatic heterocycles. The first-order valence-electron chi connectivity index (χ1n) is 6.66. The molecule has 2 aromatic rings. The van der Waals surface area contributed by atoms with Crippen molar-refractivity contribution in [3.63, 3.8) is 0 Å². The molecule has 1 aromatic carbocycles. The van der Waals surface area contributed by atoms with Crippen LogP contribution in [0.3, 0.4) is 0 Å². The van der Waals surface area contributed by atoms with Gasteiger partial charge in [-0.25, -0.2) is 4.79 Å². The van der Waals surface area contributed by atoms with Crippen molar-refractivity contribution in [2.24, 2.45) is 5.92 Å². The van der Waals surface area contributed by atoms with E-state index >= 15 is 0 Å². The van der Waals surface area contributed by atoms with Gasteiger partial charge < -0.3 is 15.3 Å². The van der Waals surface area contributed by atoms with E-state index in [0.29, 0.717) is 6.54 Å². The smallest absolute Gasteiger partial charge is 0.317 e. The predicted octanol–water partition coefficient (Wildman–Crippen LogP) is 2.76. The van der Waals surface area contributed by atoms with Gasteiger partial charge in [0.2, 0.25) is 0 Å². The highest BCUT2D eigenvalue weighted by Crippen LogP contribution is 2.24. The van der Waals surface area contributed by atoms with Crippen LogP contribution in [0.25, 0.3) is 10.1 Å². The zero-order chi connectivity index (χ0) is 15.4. The topological polar surface area (TPSA) is 69.6 Å². The lowest BCUT2D eigenvalue weighted by Crippen LogP contribution is -2.40. The number of hydrogen-bond acceptors (Lipinski definition) is 3. The van der Waals surface area contributed by atoms with E-state index in [4.69, 9.17) is 5.11 Å². The number of nitrogens with one attached hydrogen (secondary N) is 1. The number of carbonyl (C=O) groups is 2. The summed E-state index contributed by atoms with van der Waals surface area (Å²) in [5.41, 5.74) is 0. The minimum absolute atomic E-state index is 0.188. The Bertz CT molecular complexity index is 620. The highest BCUT2D eigenvalue weighted by atomic mass is 32.1. The number of benzene rings is 1. The van der Waals surface area contributed by atoms with Gasteiger partial charge in [-0.15, -0.1) is 11.3 Å². The molecule has 112 valence electrons. The molecule has 2 amide bonds. The Morgan fingerprint density at radius 2 is 2.10 bits per heavy atom. The molecular weight excluding hydrogens is 288 g/mol. The van der Waals surface area contributed by atoms with Crippen LogP contribution in [0, 0.1) is 5.92 Å². The SMILES string of the molecule is CC(CN(C)C(=O)NCc1cc2ccccc2s1)C(=O)O. The van der Waals surface area contributed by atoms with Crippen LogP contribution in [0.5, 0.6) is 0 Å². The number of hydrogen-bond donors (Lipinski definition) is 2. The van der Waals surface area contributed by atoms with Crippen molar-refractivity contribution >= 4 is 33.4 Å². The second-order valence-corrected chi connectivity index (χ2v) is 6.20. The van der Waals surface area contributed by atoms with Crippen molar-refractivity contribution in [1.82, 2.24) is 10.2 Å². The summed E-state index contributed by atoms with van der Waals surface area (Å²) in [6.45, 7) is 2.22. The molecule has 6 heteroatoms. The van der Waals surface area contributed by atoms with Crippen molar-refractivity contribution in [2.75, 3.05) is 13.6 Å². The summed E-state index contributed by atoms with van der Waals surface area (Å²) in [5.74, 6) is -1.48. The van der Waals surface area contributed by atoms with Crippen LogP contribution in [0.4, 0.5) is 4.79 Å². The third kappa shape index (κ3) is 3.95. The second kappa shape index (κ2) is 6.58. The lowest BCUT2D eigenvalue weighted by atomic mass is 10.2. The summed E-state index contributed by atoms with van der Waals surface area (Å²) in [4.78, 5) is 25.2. The lowest BCUT2D eigenvalue weighted by molar-refractivity contribution is -0.141. The first kappa shape index (κ1) is 15.3. The molecule has 0 radical (unpaired) electrons. The highest BCUT2D eigenvalue weighted by molar-refractivity contribution is 7.19. The molecule has 0 spiro atoms. The molecule has 5 nitrogen and oxygen atoms in total. The summed E-state index contributed by atoms with van der Waals surface area (Å²) in [6, 6.07) is 9.85. The Hall–Kier alpha value is -2.08. The fourth-order valence-corrected chi connectivity index (χ4v) is 3.00. The predicted molar refractivity (Wildman–Crippen MR) is 83.5 cm³/mol. The third-order valence-electron chi connectivity index (χ3n) is 3.21. The van der Waals surface area contributed by atoms with E-state index in [9.17, 15) is 9.59 Å². The number of thiophene rings is 1. The van der Waals surface area contributed by atoms with Gasteiger partial charge in [-0.3, -0.25) is 4.79 Å². The molecule has 0 aliphatic carbocycles. The standard InChI is InChI=1S/C15H18N2O3S/c1-10(14(18)19)9-17(2)15(20)16-8-12-7-11-5-3-4-6-13(11)21-12/h3-7,10H,8-9H2,1-2H3,(H,16,20)(H,18,19). The minimum Gasteiger partial charge on any atom is -0.481 e. The molecule has 0 fully saturated rings. The van der Waals surface area contributed by atoms with Gasteiger partial charge in [0.25, 0.3) is 0 Å². The summed E-state index contributed by atoms with van der Waals surface area (Å²) in [7, 11) is 1.60. The lowest BCUT2D eigenvalue weighted by Gasteiger charge is -2.19. The first-order valence-corrected chi connectivity index (χ1v) is 7.48. The van der Waals surface area contributed by atoms with Gasteiger partial charge in [-0.1, -0.05) is 25.1 Å². The molecule has 1 heterocycles. The number of rotatable bonds is 5. The van der Waals surface area contributed by atoms with Crippen LogP contribution in [0.1, 0.15) is 11.8 Å². The van der Waals surface area contributed by atoms with E-state index in [1.165, 1.54) is 15.0 Å². The molecule has 1 aromatic heterocycles. The van der Waals surface area contributed by atoms with E-state index in [1.807, 2.05) is 24.3 Å². The number of aliphatic carboxylic acids is 1. The quantitative estimate of drug-likeness (QED) is 0.892. The normalized spacial score (nSPS) is 12.1. The second-order valence-electron chi connectivity index (χ2n) is 5.03. The molecule has 1 unspecified atom stereocenters. The minimum atomic E-state index is -0.904. The van der Waals surface area contributed by atoms with Gasteiger partial charge >= 0.3 is 12.0 Å². The third-order valence-corrected chi connectivity index (χ3v) is 4.32. The summed E-state index contributed by atoms with van der Waals surface area (Å²) < 4.78 is 1.19. The molecule has 0 saturated heterocycles. The number of nitrogens with zero attached hydrogens (tertiary/aromatic N) is 1. The summed E-state index contributed by atoms with van der Waals surface area (Å²) in [5, 5.41) is 12.8. The Morgan fingerprint density at radius 3 is 2.76 bits per heavy atom. The monoisotopic (exact) mass is 306 g/mol. The van der Waals surface area contributed by atoms with Gasteiger partial charge in [0.15, 0.2) is 0 Å². The Kier molecular flexibility index (Phi) is 4.80. The average Bonchev–Trinajstić information content (AvgIpc) is 2.87. The van der Waals surface area contributed by atoms with E-state index in [0.717, 1.165) is 4.88 Å². The molecule has 0 saturated carbocycles. The maximum absolute atomic E-state index is 11.9. The number of fused-ring (bicyclic) bond motifs is 1. The van der Waals surface area contributed by atoms with Crippen LogP contribution < -0.4 is 5.32 Å². The molecule has 1 atom stereocenters. The van der Waals surface area contributed by atoms with Gasteiger partial charge in [-0.05, 0) is 17.5 Å². The van der Waals surface area contributed by atoms with Crippen molar-refractivity contribution in [3.8, 4) is 0 Å². The fourth-order valence-electron chi connectivity index (χ4n) is 1.99. The molecule has 0 bridgehead atoms. The van der Waals surface area contributed by atoms with Gasteiger partial charge in [0.05, 0.1) is 12.5 Å². The molecule has 0 aliphatic rings. The summed E-state index contributed by atoms with van der Waals surface area (Å²) in [6.07, 6.45) is 0. The van der Waals surface area contributed by atoms with E-state index in [1.54, 1.807) is 25.3 Å². The van der Waals surface area contributed by atoms with E-state index in [2.05, 4.69) is 11.4 Å². The fraction of sp³-hybridized carbons (Fsp3) is 0.333. The maximum atomic E-state index is 11.9. The molecule has 2 N–H and O–H groups in total. The van der Waals surface area contributed by atoms with E-state index < -0.39 is 11.9 Å². The van der Waals surface area contributed by atoms with Crippen LogP contribution in [0.15, 0.2) is 30.3 Å². The molecule has 2 rings (SSSR count). The van der Waals surface area contributed by atoms with Crippen LogP contribution in [0.2, 0.25) is 0 Å². The Labute approximate surface area is 127 Å². The summed E-state index contributed by atoms with van der Waals surface area (Å²) >= 11 is 1.64. The van der Waals surface area contributed by atoms with Crippen LogP contribution in [-0.4, -0.2) is 35.6 Å². The number of carbonyl (C=O) groups excluding carboxylic acids is 1. The van der Waals surface area contributed by atoms with E-state index in [-0.39, 0.29) is 12.6 Å². The molecular formula is C15H18N2O3S. The number of carboxylic acids is 1. The largest absolute Gasteiger partial charge is 0.481 e. The van der Waals surface area contributed by atoms with Gasteiger partial charge in [0, 0.05) is 23.2 Å². The number of urea groups is 1. The number of carboxylic acid groups (broad SMARTS) is 1. The van der Waals surface area contributed by atoms with Crippen molar-refractivity contribution < 1.29 is 14.7 Å². The zero-order valence-electron chi connectivity index (χ0n) is 12.0. The van der Waals surface area contributed by atoms with Crippen molar-refractivity contribution in [1.29, 1.82) is 0 Å². The van der Waals surface area contributed by atoms with Crippen molar-refractivity contribution in [3.05, 3.63) is 35.2 Å².